The average molecular weight is 274 g/mol. The first kappa shape index (κ1) is 11.8. The molecule has 0 spiro atoms. The van der Waals surface area contributed by atoms with E-state index in [1.54, 1.807) is 22.9 Å². The Hall–Kier alpha value is -2.28. The molecule has 96 valence electrons. The van der Waals surface area contributed by atoms with Gasteiger partial charge in [0.05, 0.1) is 22.5 Å². The van der Waals surface area contributed by atoms with Crippen molar-refractivity contribution >= 4 is 27.5 Å². The Kier molecular flexibility index (Phi) is 2.75. The fourth-order valence-electron chi connectivity index (χ4n) is 1.82. The van der Waals surface area contributed by atoms with Gasteiger partial charge in [0.2, 0.25) is 0 Å². The van der Waals surface area contributed by atoms with E-state index < -0.39 is 5.97 Å². The molecular formula is C12H10N4O2S. The van der Waals surface area contributed by atoms with E-state index in [1.165, 1.54) is 0 Å². The summed E-state index contributed by atoms with van der Waals surface area (Å²) < 4.78 is 2.66. The number of fused-ring (bicyclic) bond motifs is 1. The van der Waals surface area contributed by atoms with Crippen LogP contribution in [-0.4, -0.2) is 31.1 Å². The summed E-state index contributed by atoms with van der Waals surface area (Å²) in [6, 6.07) is 7.86. The third kappa shape index (κ3) is 2.08. The standard InChI is InChI=1S/C12H10N4O2S/c1-7-11(12(17)18)14-15-16(7)6-10-13-8-4-2-3-5-9(8)19-10/h2-5H,6H2,1H3,(H,17,18). The molecule has 0 radical (unpaired) electrons. The largest absolute Gasteiger partial charge is 0.476 e. The van der Waals surface area contributed by atoms with Gasteiger partial charge < -0.3 is 5.11 Å². The van der Waals surface area contributed by atoms with Crippen LogP contribution in [0.2, 0.25) is 0 Å². The molecule has 1 N–H and O–H groups in total. The summed E-state index contributed by atoms with van der Waals surface area (Å²) in [6.07, 6.45) is 0. The molecule has 3 rings (SSSR count). The van der Waals surface area contributed by atoms with Crippen LogP contribution < -0.4 is 0 Å². The zero-order valence-corrected chi connectivity index (χ0v) is 10.9. The fraction of sp³-hybridized carbons (Fsp3) is 0.167. The molecule has 19 heavy (non-hydrogen) atoms. The van der Waals surface area contributed by atoms with Crippen molar-refractivity contribution in [2.24, 2.45) is 0 Å². The summed E-state index contributed by atoms with van der Waals surface area (Å²) in [5.74, 6) is -1.06. The number of para-hydroxylation sites is 1. The van der Waals surface area contributed by atoms with Crippen LogP contribution in [0.25, 0.3) is 10.2 Å². The topological polar surface area (TPSA) is 80.9 Å². The molecule has 0 aliphatic rings. The first-order valence-corrected chi connectivity index (χ1v) is 6.44. The maximum absolute atomic E-state index is 10.9. The molecule has 0 fully saturated rings. The van der Waals surface area contributed by atoms with Crippen LogP contribution in [0.1, 0.15) is 21.2 Å². The van der Waals surface area contributed by atoms with Gasteiger partial charge in [0.1, 0.15) is 5.01 Å². The minimum absolute atomic E-state index is 0.0129. The van der Waals surface area contributed by atoms with E-state index in [0.29, 0.717) is 12.2 Å². The Morgan fingerprint density at radius 1 is 1.42 bits per heavy atom. The molecule has 0 saturated carbocycles. The third-order valence-corrected chi connectivity index (χ3v) is 3.83. The van der Waals surface area contributed by atoms with Crippen LogP contribution in [0, 0.1) is 6.92 Å². The Bertz CT molecular complexity index is 729. The second kappa shape index (κ2) is 4.43. The van der Waals surface area contributed by atoms with Crippen molar-refractivity contribution in [3.8, 4) is 0 Å². The summed E-state index contributed by atoms with van der Waals surface area (Å²) in [5, 5.41) is 17.3. The first-order valence-electron chi connectivity index (χ1n) is 5.63. The van der Waals surface area contributed by atoms with E-state index in [2.05, 4.69) is 15.3 Å². The minimum atomic E-state index is -1.06. The number of benzene rings is 1. The van der Waals surface area contributed by atoms with Crippen LogP contribution in [0.3, 0.4) is 0 Å². The number of carbonyl (C=O) groups is 1. The molecule has 0 amide bonds. The Labute approximate surface area is 112 Å². The number of carboxylic acids is 1. The Balaban J connectivity index is 1.94. The molecule has 0 bridgehead atoms. The lowest BCUT2D eigenvalue weighted by atomic mass is 10.3. The van der Waals surface area contributed by atoms with Gasteiger partial charge in [0.15, 0.2) is 5.69 Å². The van der Waals surface area contributed by atoms with Crippen molar-refractivity contribution in [2.75, 3.05) is 0 Å². The van der Waals surface area contributed by atoms with Crippen LogP contribution in [0.5, 0.6) is 0 Å². The summed E-state index contributed by atoms with van der Waals surface area (Å²) in [6.45, 7) is 2.13. The fourth-order valence-corrected chi connectivity index (χ4v) is 2.77. The van der Waals surface area contributed by atoms with Crippen molar-refractivity contribution in [1.82, 2.24) is 20.0 Å². The number of carboxylic acid groups (broad SMARTS) is 1. The van der Waals surface area contributed by atoms with Crippen molar-refractivity contribution < 1.29 is 9.90 Å². The number of aromatic nitrogens is 4. The van der Waals surface area contributed by atoms with Crippen molar-refractivity contribution in [3.63, 3.8) is 0 Å². The van der Waals surface area contributed by atoms with Crippen LogP contribution in [-0.2, 0) is 6.54 Å². The summed E-state index contributed by atoms with van der Waals surface area (Å²) in [5.41, 5.74) is 1.46. The summed E-state index contributed by atoms with van der Waals surface area (Å²) in [7, 11) is 0. The van der Waals surface area contributed by atoms with E-state index in [0.717, 1.165) is 15.2 Å². The molecule has 0 unspecified atom stereocenters. The second-order valence-corrected chi connectivity index (χ2v) is 5.18. The molecule has 0 aliphatic heterocycles. The molecule has 3 aromatic rings. The van der Waals surface area contributed by atoms with Gasteiger partial charge in [0.25, 0.3) is 0 Å². The van der Waals surface area contributed by atoms with Crippen LogP contribution >= 0.6 is 11.3 Å². The van der Waals surface area contributed by atoms with Gasteiger partial charge in [-0.05, 0) is 19.1 Å². The average Bonchev–Trinajstić information content (AvgIpc) is 2.94. The highest BCUT2D eigenvalue weighted by atomic mass is 32.1. The van der Waals surface area contributed by atoms with E-state index >= 15 is 0 Å². The highest BCUT2D eigenvalue weighted by Crippen LogP contribution is 2.22. The SMILES string of the molecule is Cc1c(C(=O)O)nnn1Cc1nc2ccccc2s1. The van der Waals surface area contributed by atoms with Gasteiger partial charge in [-0.25, -0.2) is 14.5 Å². The molecular weight excluding hydrogens is 264 g/mol. The normalized spacial score (nSPS) is 11.0. The van der Waals surface area contributed by atoms with Gasteiger partial charge in [-0.3, -0.25) is 0 Å². The van der Waals surface area contributed by atoms with Crippen molar-refractivity contribution in [1.29, 1.82) is 0 Å². The molecule has 0 aliphatic carbocycles. The number of aromatic carboxylic acids is 1. The molecule has 0 saturated heterocycles. The first-order chi connectivity index (χ1) is 9.15. The predicted octanol–water partition coefficient (Wildman–Crippen LogP) is 1.94. The lowest BCUT2D eigenvalue weighted by Crippen LogP contribution is -2.05. The number of nitrogens with zero attached hydrogens (tertiary/aromatic N) is 4. The van der Waals surface area contributed by atoms with Crippen LogP contribution in [0.15, 0.2) is 24.3 Å². The van der Waals surface area contributed by atoms with E-state index in [1.807, 2.05) is 24.3 Å². The quantitative estimate of drug-likeness (QED) is 0.789. The van der Waals surface area contributed by atoms with E-state index in [-0.39, 0.29) is 5.69 Å². The molecule has 0 atom stereocenters. The number of hydrogen-bond acceptors (Lipinski definition) is 5. The molecule has 7 heteroatoms. The third-order valence-electron chi connectivity index (χ3n) is 2.81. The Morgan fingerprint density at radius 3 is 2.89 bits per heavy atom. The zero-order valence-electron chi connectivity index (χ0n) is 10.1. The number of rotatable bonds is 3. The second-order valence-electron chi connectivity index (χ2n) is 4.06. The molecule has 6 nitrogen and oxygen atoms in total. The minimum Gasteiger partial charge on any atom is -0.476 e. The van der Waals surface area contributed by atoms with Gasteiger partial charge in [-0.15, -0.1) is 16.4 Å². The lowest BCUT2D eigenvalue weighted by molar-refractivity contribution is 0.0689. The predicted molar refractivity (Wildman–Crippen MR) is 70.4 cm³/mol. The number of thiazole rings is 1. The Morgan fingerprint density at radius 2 is 2.21 bits per heavy atom. The number of hydrogen-bond donors (Lipinski definition) is 1. The van der Waals surface area contributed by atoms with E-state index in [4.69, 9.17) is 5.11 Å². The lowest BCUT2D eigenvalue weighted by Gasteiger charge is -1.99. The van der Waals surface area contributed by atoms with Crippen LogP contribution in [0.4, 0.5) is 0 Å². The summed E-state index contributed by atoms with van der Waals surface area (Å²) >= 11 is 1.57. The monoisotopic (exact) mass is 274 g/mol. The molecule has 2 aromatic heterocycles. The van der Waals surface area contributed by atoms with E-state index in [9.17, 15) is 4.79 Å². The maximum Gasteiger partial charge on any atom is 0.358 e. The molecule has 2 heterocycles. The van der Waals surface area contributed by atoms with Crippen molar-refractivity contribution in [3.05, 3.63) is 40.7 Å². The smallest absolute Gasteiger partial charge is 0.358 e. The van der Waals surface area contributed by atoms with Gasteiger partial charge in [-0.1, -0.05) is 17.3 Å². The molecule has 1 aromatic carbocycles. The van der Waals surface area contributed by atoms with Crippen molar-refractivity contribution in [2.45, 2.75) is 13.5 Å². The highest BCUT2D eigenvalue weighted by Gasteiger charge is 2.16. The maximum atomic E-state index is 10.9. The van der Waals surface area contributed by atoms with Gasteiger partial charge in [0, 0.05) is 0 Å². The van der Waals surface area contributed by atoms with Gasteiger partial charge in [-0.2, -0.15) is 0 Å². The summed E-state index contributed by atoms with van der Waals surface area (Å²) in [4.78, 5) is 15.4. The highest BCUT2D eigenvalue weighted by molar-refractivity contribution is 7.18. The zero-order chi connectivity index (χ0) is 13.4. The van der Waals surface area contributed by atoms with Gasteiger partial charge >= 0.3 is 5.97 Å².